The predicted octanol–water partition coefficient (Wildman–Crippen LogP) is 0.472. The van der Waals surface area contributed by atoms with Crippen LogP contribution in [-0.4, -0.2) is 71.1 Å². The number of aldehydes is 1. The third kappa shape index (κ3) is 4.03. The van der Waals surface area contributed by atoms with Gasteiger partial charge in [0.2, 0.25) is 5.91 Å². The maximum atomic E-state index is 12.1. The molecule has 1 aliphatic rings. The molecule has 8 nitrogen and oxygen atoms in total. The second kappa shape index (κ2) is 8.29. The molecule has 140 valence electrons. The van der Waals surface area contributed by atoms with Crippen LogP contribution in [0.4, 0.5) is 0 Å². The Hall–Kier alpha value is -2.45. The topological polar surface area (TPSA) is 96.7 Å². The number of aromatic nitrogens is 2. The number of phenols is 1. The van der Waals surface area contributed by atoms with Crippen LogP contribution < -0.4 is 5.32 Å². The van der Waals surface area contributed by atoms with E-state index < -0.39 is 0 Å². The van der Waals surface area contributed by atoms with Crippen LogP contribution in [0.15, 0.2) is 12.1 Å². The molecule has 0 aliphatic carbocycles. The molecule has 2 aromatic rings. The van der Waals surface area contributed by atoms with Gasteiger partial charge in [0, 0.05) is 46.1 Å². The number of hydrogen-bond acceptors (Lipinski definition) is 6. The van der Waals surface area contributed by atoms with Gasteiger partial charge in [-0.1, -0.05) is 0 Å². The zero-order valence-corrected chi connectivity index (χ0v) is 14.9. The molecule has 1 amide bonds. The van der Waals surface area contributed by atoms with Gasteiger partial charge in [-0.15, -0.1) is 0 Å². The number of imidazole rings is 1. The summed E-state index contributed by atoms with van der Waals surface area (Å²) in [6.45, 7) is 4.75. The Bertz CT molecular complexity index is 796. The highest BCUT2D eigenvalue weighted by Crippen LogP contribution is 2.25. The molecule has 0 spiro atoms. The van der Waals surface area contributed by atoms with Crippen molar-refractivity contribution < 1.29 is 19.4 Å². The number of carbonyl (C=O) groups is 2. The minimum absolute atomic E-state index is 0.0243. The molecule has 0 atom stereocenters. The summed E-state index contributed by atoms with van der Waals surface area (Å²) in [6.07, 6.45) is 1.39. The average Bonchev–Trinajstić information content (AvgIpc) is 2.97. The summed E-state index contributed by atoms with van der Waals surface area (Å²) in [5.41, 5.74) is 1.40. The van der Waals surface area contributed by atoms with Crippen LogP contribution in [0.5, 0.6) is 5.75 Å². The third-order valence-electron chi connectivity index (χ3n) is 4.71. The van der Waals surface area contributed by atoms with E-state index in [2.05, 4.69) is 15.2 Å². The highest BCUT2D eigenvalue weighted by molar-refractivity contribution is 5.97. The van der Waals surface area contributed by atoms with Gasteiger partial charge in [0.1, 0.15) is 17.1 Å². The molecule has 1 aromatic carbocycles. The number of amides is 1. The summed E-state index contributed by atoms with van der Waals surface area (Å²) >= 11 is 0. The van der Waals surface area contributed by atoms with Crippen molar-refractivity contribution in [2.24, 2.45) is 7.05 Å². The predicted molar refractivity (Wildman–Crippen MR) is 96.4 cm³/mol. The number of morpholine rings is 1. The first kappa shape index (κ1) is 18.3. The number of rotatable bonds is 7. The summed E-state index contributed by atoms with van der Waals surface area (Å²) in [6, 6.07) is 3.20. The monoisotopic (exact) mass is 360 g/mol. The number of aromatic hydroxyl groups is 1. The van der Waals surface area contributed by atoms with Crippen molar-refractivity contribution in [3.63, 3.8) is 0 Å². The van der Waals surface area contributed by atoms with E-state index in [0.717, 1.165) is 38.4 Å². The highest BCUT2D eigenvalue weighted by atomic mass is 16.5. The van der Waals surface area contributed by atoms with Crippen LogP contribution in [0.2, 0.25) is 0 Å². The van der Waals surface area contributed by atoms with Crippen molar-refractivity contribution in [3.8, 4) is 5.75 Å². The van der Waals surface area contributed by atoms with Crippen LogP contribution in [0.25, 0.3) is 11.0 Å². The number of phenolic OH excluding ortho intramolecular Hbond substituents is 1. The fourth-order valence-corrected chi connectivity index (χ4v) is 3.15. The van der Waals surface area contributed by atoms with Crippen LogP contribution in [0.1, 0.15) is 22.6 Å². The fourth-order valence-electron chi connectivity index (χ4n) is 3.15. The first-order valence-electron chi connectivity index (χ1n) is 8.79. The number of fused-ring (bicyclic) bond motifs is 1. The SMILES string of the molecule is Cn1c(CCC(=O)NCCN2CCOCC2)nc2c(C=O)c(O)ccc21. The summed E-state index contributed by atoms with van der Waals surface area (Å²) in [5, 5.41) is 12.7. The molecule has 2 heterocycles. The van der Waals surface area contributed by atoms with E-state index in [1.807, 2.05) is 11.6 Å². The van der Waals surface area contributed by atoms with Crippen molar-refractivity contribution in [1.82, 2.24) is 19.8 Å². The minimum Gasteiger partial charge on any atom is -0.507 e. The number of nitrogens with zero attached hydrogens (tertiary/aromatic N) is 3. The second-order valence-corrected chi connectivity index (χ2v) is 6.37. The van der Waals surface area contributed by atoms with Gasteiger partial charge in [-0.05, 0) is 12.1 Å². The van der Waals surface area contributed by atoms with E-state index in [1.165, 1.54) is 6.07 Å². The number of aryl methyl sites for hydroxylation is 2. The Morgan fingerprint density at radius 1 is 1.38 bits per heavy atom. The largest absolute Gasteiger partial charge is 0.507 e. The fraction of sp³-hybridized carbons (Fsp3) is 0.500. The van der Waals surface area contributed by atoms with Gasteiger partial charge in [-0.3, -0.25) is 14.5 Å². The zero-order chi connectivity index (χ0) is 18.5. The standard InChI is InChI=1S/C18H24N4O4/c1-21-14-2-3-15(24)13(12-23)18(14)20-16(21)4-5-17(25)19-6-7-22-8-10-26-11-9-22/h2-3,12,24H,4-11H2,1H3,(H,19,25). The van der Waals surface area contributed by atoms with E-state index in [0.29, 0.717) is 37.0 Å². The van der Waals surface area contributed by atoms with Gasteiger partial charge in [-0.2, -0.15) is 0 Å². The molecule has 1 saturated heterocycles. The molecule has 0 unspecified atom stereocenters. The Morgan fingerprint density at radius 3 is 2.88 bits per heavy atom. The zero-order valence-electron chi connectivity index (χ0n) is 14.9. The van der Waals surface area contributed by atoms with Crippen molar-refractivity contribution in [2.75, 3.05) is 39.4 Å². The van der Waals surface area contributed by atoms with E-state index in [1.54, 1.807) is 6.07 Å². The molecule has 1 aromatic heterocycles. The molecule has 0 bridgehead atoms. The van der Waals surface area contributed by atoms with Crippen LogP contribution >= 0.6 is 0 Å². The third-order valence-corrected chi connectivity index (χ3v) is 4.71. The lowest BCUT2D eigenvalue weighted by atomic mass is 10.2. The number of nitrogens with one attached hydrogen (secondary N) is 1. The summed E-state index contributed by atoms with van der Waals surface area (Å²) in [5.74, 6) is 0.596. The Morgan fingerprint density at radius 2 is 2.15 bits per heavy atom. The Kier molecular flexibility index (Phi) is 5.85. The van der Waals surface area contributed by atoms with Gasteiger partial charge in [0.25, 0.3) is 0 Å². The van der Waals surface area contributed by atoms with Gasteiger partial charge in [0.05, 0.1) is 24.3 Å². The van der Waals surface area contributed by atoms with Crippen molar-refractivity contribution in [3.05, 3.63) is 23.5 Å². The lowest BCUT2D eigenvalue weighted by Crippen LogP contribution is -2.41. The molecule has 8 heteroatoms. The smallest absolute Gasteiger partial charge is 0.220 e. The maximum absolute atomic E-state index is 12.1. The lowest BCUT2D eigenvalue weighted by Gasteiger charge is -2.26. The molecular weight excluding hydrogens is 336 g/mol. The van der Waals surface area contributed by atoms with Crippen LogP contribution in [0.3, 0.4) is 0 Å². The van der Waals surface area contributed by atoms with E-state index in [-0.39, 0.29) is 17.2 Å². The molecular formula is C18H24N4O4. The number of ether oxygens (including phenoxy) is 1. The van der Waals surface area contributed by atoms with Crippen LogP contribution in [-0.2, 0) is 23.0 Å². The molecule has 3 rings (SSSR count). The lowest BCUT2D eigenvalue weighted by molar-refractivity contribution is -0.121. The molecule has 1 aliphatic heterocycles. The highest BCUT2D eigenvalue weighted by Gasteiger charge is 2.15. The molecule has 26 heavy (non-hydrogen) atoms. The number of benzene rings is 1. The second-order valence-electron chi connectivity index (χ2n) is 6.37. The summed E-state index contributed by atoms with van der Waals surface area (Å²) in [4.78, 5) is 30.0. The Labute approximate surface area is 151 Å². The molecule has 2 N–H and O–H groups in total. The van der Waals surface area contributed by atoms with Gasteiger partial charge in [0.15, 0.2) is 6.29 Å². The van der Waals surface area contributed by atoms with Crippen molar-refractivity contribution >= 4 is 23.2 Å². The molecule has 1 fully saturated rings. The first-order valence-corrected chi connectivity index (χ1v) is 8.79. The van der Waals surface area contributed by atoms with Gasteiger partial charge >= 0.3 is 0 Å². The quantitative estimate of drug-likeness (QED) is 0.697. The molecule has 0 radical (unpaired) electrons. The van der Waals surface area contributed by atoms with Gasteiger partial charge < -0.3 is 19.7 Å². The van der Waals surface area contributed by atoms with E-state index in [4.69, 9.17) is 4.74 Å². The first-order chi connectivity index (χ1) is 12.6. The minimum atomic E-state index is -0.0852. The summed E-state index contributed by atoms with van der Waals surface area (Å²) < 4.78 is 7.15. The molecule has 0 saturated carbocycles. The number of carbonyl (C=O) groups excluding carboxylic acids is 2. The number of hydrogen-bond donors (Lipinski definition) is 2. The van der Waals surface area contributed by atoms with Crippen molar-refractivity contribution in [2.45, 2.75) is 12.8 Å². The van der Waals surface area contributed by atoms with Crippen LogP contribution in [0, 0.1) is 0 Å². The average molecular weight is 360 g/mol. The Balaban J connectivity index is 1.54. The van der Waals surface area contributed by atoms with Crippen molar-refractivity contribution in [1.29, 1.82) is 0 Å². The van der Waals surface area contributed by atoms with Gasteiger partial charge in [-0.25, -0.2) is 4.98 Å². The summed E-state index contributed by atoms with van der Waals surface area (Å²) in [7, 11) is 1.84. The van der Waals surface area contributed by atoms with E-state index >= 15 is 0 Å². The van der Waals surface area contributed by atoms with E-state index in [9.17, 15) is 14.7 Å². The maximum Gasteiger partial charge on any atom is 0.220 e. The normalized spacial score (nSPS) is 15.3.